The second-order valence-corrected chi connectivity index (χ2v) is 11.7. The van der Waals surface area contributed by atoms with Crippen LogP contribution in [0.5, 0.6) is 28.7 Å². The zero-order valence-corrected chi connectivity index (χ0v) is 26.6. The van der Waals surface area contributed by atoms with Crippen molar-refractivity contribution in [2.24, 2.45) is 0 Å². The summed E-state index contributed by atoms with van der Waals surface area (Å²) >= 11 is 0. The summed E-state index contributed by atoms with van der Waals surface area (Å²) in [5.74, 6) is 2.52. The normalized spacial score (nSPS) is 19.8. The predicted molar refractivity (Wildman–Crippen MR) is 172 cm³/mol. The zero-order chi connectivity index (χ0) is 32.9. The van der Waals surface area contributed by atoms with Crippen molar-refractivity contribution in [2.45, 2.75) is 31.6 Å². The second kappa shape index (κ2) is 13.6. The Balaban J connectivity index is 0.000000181. The molecule has 0 spiro atoms. The van der Waals surface area contributed by atoms with Gasteiger partial charge in [-0.25, -0.2) is 0 Å². The van der Waals surface area contributed by atoms with E-state index in [1.165, 1.54) is 5.56 Å². The third-order valence-electron chi connectivity index (χ3n) is 8.31. The van der Waals surface area contributed by atoms with Crippen molar-refractivity contribution >= 4 is 11.6 Å². The molecule has 9 nitrogen and oxygen atoms in total. The molecule has 0 aliphatic carbocycles. The fourth-order valence-electron chi connectivity index (χ4n) is 5.40. The summed E-state index contributed by atoms with van der Waals surface area (Å²) in [5.41, 5.74) is 2.61. The van der Waals surface area contributed by atoms with E-state index in [2.05, 4.69) is 0 Å². The SMILES string of the molecule is COCOc1ccc2c(c1)OCC(C)(c1ccc(C)cc1)C2=O.COCOc1ccc2c(c1)OCC(C)(c1ccc(O)cc1)C2=O. The van der Waals surface area contributed by atoms with Crippen molar-refractivity contribution < 1.29 is 43.1 Å². The van der Waals surface area contributed by atoms with Crippen molar-refractivity contribution in [1.29, 1.82) is 0 Å². The molecular formula is C37H38O9. The van der Waals surface area contributed by atoms with E-state index < -0.39 is 10.8 Å². The number of aryl methyl sites for hydroxylation is 1. The monoisotopic (exact) mass is 626 g/mol. The molecule has 2 aliphatic heterocycles. The summed E-state index contributed by atoms with van der Waals surface area (Å²) in [6, 6.07) is 25.1. The van der Waals surface area contributed by atoms with Crippen LogP contribution in [0.4, 0.5) is 0 Å². The second-order valence-electron chi connectivity index (χ2n) is 11.7. The number of carbonyl (C=O) groups excluding carboxylic acids is 2. The van der Waals surface area contributed by atoms with Crippen LogP contribution >= 0.6 is 0 Å². The van der Waals surface area contributed by atoms with Gasteiger partial charge in [0.2, 0.25) is 0 Å². The van der Waals surface area contributed by atoms with E-state index in [4.69, 9.17) is 28.4 Å². The first-order valence-corrected chi connectivity index (χ1v) is 14.8. The molecule has 2 atom stereocenters. The molecule has 2 unspecified atom stereocenters. The molecular weight excluding hydrogens is 588 g/mol. The average molecular weight is 627 g/mol. The van der Waals surface area contributed by atoms with Crippen LogP contribution in [0, 0.1) is 6.92 Å². The maximum atomic E-state index is 13.0. The molecule has 0 saturated carbocycles. The Labute approximate surface area is 268 Å². The lowest BCUT2D eigenvalue weighted by Gasteiger charge is -2.34. The van der Waals surface area contributed by atoms with Gasteiger partial charge in [0, 0.05) is 26.4 Å². The van der Waals surface area contributed by atoms with Crippen molar-refractivity contribution in [3.8, 4) is 28.7 Å². The Bertz CT molecular complexity index is 1570. The average Bonchev–Trinajstić information content (AvgIpc) is 3.07. The Morgan fingerprint density at radius 2 is 1.07 bits per heavy atom. The first-order chi connectivity index (χ1) is 22.1. The van der Waals surface area contributed by atoms with Crippen LogP contribution in [0.25, 0.3) is 0 Å². The molecule has 0 saturated heterocycles. The maximum absolute atomic E-state index is 13.0. The standard InChI is InChI=1S/C19H20O4.C18H18O5/c1-13-4-6-14(7-5-13)19(2)11-22-17-10-15(23-12-21-3)8-9-16(17)18(19)20;1-18(12-3-5-13(19)6-4-12)10-22-16-9-14(23-11-21-2)7-8-15(16)17(18)20/h4-10H,11-12H2,1-3H3;3-9,19H,10-11H2,1-2H3. The van der Waals surface area contributed by atoms with Gasteiger partial charge in [-0.05, 0) is 68.3 Å². The van der Waals surface area contributed by atoms with E-state index in [1.54, 1.807) is 74.9 Å². The van der Waals surface area contributed by atoms with Crippen LogP contribution in [0.1, 0.15) is 51.3 Å². The number of ketones is 2. The fraction of sp³-hybridized carbons (Fsp3) is 0.297. The van der Waals surface area contributed by atoms with Crippen LogP contribution in [0.15, 0.2) is 84.9 Å². The van der Waals surface area contributed by atoms with Crippen LogP contribution in [0.3, 0.4) is 0 Å². The first kappa shape index (κ1) is 32.5. The Morgan fingerprint density at radius 3 is 1.48 bits per heavy atom. The number of hydrogen-bond donors (Lipinski definition) is 1. The number of phenols is 1. The van der Waals surface area contributed by atoms with E-state index >= 15 is 0 Å². The summed E-state index contributed by atoms with van der Waals surface area (Å²) in [4.78, 5) is 25.9. The zero-order valence-electron chi connectivity index (χ0n) is 26.6. The van der Waals surface area contributed by atoms with Crippen LogP contribution < -0.4 is 18.9 Å². The van der Waals surface area contributed by atoms with Gasteiger partial charge in [0.05, 0.1) is 22.0 Å². The molecule has 2 heterocycles. The number of carbonyl (C=O) groups is 2. The number of phenolic OH excluding ortho intramolecular Hbond substituents is 1. The minimum absolute atomic E-state index is 0.0114. The number of benzene rings is 4. The minimum atomic E-state index is -0.782. The summed E-state index contributed by atoms with van der Waals surface area (Å²) in [5, 5.41) is 9.42. The lowest BCUT2D eigenvalue weighted by Crippen LogP contribution is -2.42. The van der Waals surface area contributed by atoms with E-state index in [9.17, 15) is 14.7 Å². The number of hydrogen-bond acceptors (Lipinski definition) is 9. The molecule has 4 aromatic rings. The van der Waals surface area contributed by atoms with E-state index in [0.717, 1.165) is 11.1 Å². The molecule has 1 N–H and O–H groups in total. The smallest absolute Gasteiger partial charge is 0.188 e. The van der Waals surface area contributed by atoms with Gasteiger partial charge in [0.15, 0.2) is 25.2 Å². The fourth-order valence-corrected chi connectivity index (χ4v) is 5.40. The molecule has 0 amide bonds. The van der Waals surface area contributed by atoms with Crippen LogP contribution in [-0.2, 0) is 20.3 Å². The third kappa shape index (κ3) is 6.56. The summed E-state index contributed by atoms with van der Waals surface area (Å²) < 4.78 is 32.2. The molecule has 4 aromatic carbocycles. The highest BCUT2D eigenvalue weighted by molar-refractivity contribution is 6.07. The van der Waals surface area contributed by atoms with E-state index in [1.807, 2.05) is 45.0 Å². The maximum Gasteiger partial charge on any atom is 0.188 e. The van der Waals surface area contributed by atoms with Gasteiger partial charge in [-0.3, -0.25) is 9.59 Å². The molecule has 0 aromatic heterocycles. The van der Waals surface area contributed by atoms with Gasteiger partial charge < -0.3 is 33.5 Å². The number of rotatable bonds is 8. The van der Waals surface area contributed by atoms with Crippen molar-refractivity contribution in [1.82, 2.24) is 0 Å². The largest absolute Gasteiger partial charge is 0.508 e. The Morgan fingerprint density at radius 1 is 0.652 bits per heavy atom. The van der Waals surface area contributed by atoms with Gasteiger partial charge >= 0.3 is 0 Å². The molecule has 9 heteroatoms. The first-order valence-electron chi connectivity index (χ1n) is 14.8. The van der Waals surface area contributed by atoms with E-state index in [-0.39, 0.29) is 37.5 Å². The van der Waals surface area contributed by atoms with Gasteiger partial charge in [-0.2, -0.15) is 0 Å². The van der Waals surface area contributed by atoms with E-state index in [0.29, 0.717) is 40.7 Å². The molecule has 0 bridgehead atoms. The molecule has 46 heavy (non-hydrogen) atoms. The minimum Gasteiger partial charge on any atom is -0.508 e. The number of methoxy groups -OCH3 is 2. The molecule has 6 rings (SSSR count). The van der Waals surface area contributed by atoms with Crippen molar-refractivity contribution in [2.75, 3.05) is 41.0 Å². The van der Waals surface area contributed by atoms with Crippen molar-refractivity contribution in [3.63, 3.8) is 0 Å². The highest BCUT2D eigenvalue weighted by Gasteiger charge is 2.42. The Hall–Kier alpha value is -4.86. The van der Waals surface area contributed by atoms with Gasteiger partial charge in [-0.15, -0.1) is 0 Å². The number of ether oxygens (including phenoxy) is 6. The predicted octanol–water partition coefficient (Wildman–Crippen LogP) is 6.42. The van der Waals surface area contributed by atoms with Gasteiger partial charge in [0.25, 0.3) is 0 Å². The number of Topliss-reactive ketones (excluding diaryl/α,β-unsaturated/α-hetero) is 2. The highest BCUT2D eigenvalue weighted by Crippen LogP contribution is 2.40. The summed E-state index contributed by atoms with van der Waals surface area (Å²) in [6.45, 7) is 6.65. The summed E-state index contributed by atoms with van der Waals surface area (Å²) in [6.07, 6.45) is 0. The van der Waals surface area contributed by atoms with Crippen LogP contribution in [0.2, 0.25) is 0 Å². The molecule has 240 valence electrons. The topological polar surface area (TPSA) is 110 Å². The van der Waals surface area contributed by atoms with Crippen LogP contribution in [-0.4, -0.2) is 57.7 Å². The molecule has 2 aliphatic rings. The molecule has 0 fully saturated rings. The van der Waals surface area contributed by atoms with Gasteiger partial charge in [-0.1, -0.05) is 42.0 Å². The van der Waals surface area contributed by atoms with Gasteiger partial charge in [0.1, 0.15) is 42.0 Å². The lowest BCUT2D eigenvalue weighted by molar-refractivity contribution is 0.0505. The lowest BCUT2D eigenvalue weighted by atomic mass is 9.75. The Kier molecular flexibility index (Phi) is 9.65. The molecule has 0 radical (unpaired) electrons. The van der Waals surface area contributed by atoms with Crippen molar-refractivity contribution in [3.05, 3.63) is 113 Å². The highest BCUT2D eigenvalue weighted by atomic mass is 16.7. The number of aromatic hydroxyl groups is 1. The summed E-state index contributed by atoms with van der Waals surface area (Å²) in [7, 11) is 3.10. The number of fused-ring (bicyclic) bond motifs is 2. The third-order valence-corrected chi connectivity index (χ3v) is 8.31. The quantitative estimate of drug-likeness (QED) is 0.222.